The normalized spacial score (nSPS) is 14.3. The molecule has 0 fully saturated rings. The summed E-state index contributed by atoms with van der Waals surface area (Å²) in [7, 11) is 4.36. The second-order valence-corrected chi connectivity index (χ2v) is 13.6. The second kappa shape index (κ2) is 9.58. The van der Waals surface area contributed by atoms with Crippen molar-refractivity contribution < 1.29 is 0 Å². The zero-order valence-electron chi connectivity index (χ0n) is 27.0. The number of benzene rings is 7. The molecule has 0 amide bonds. The Labute approximate surface area is 271 Å². The van der Waals surface area contributed by atoms with Crippen LogP contribution in [0.3, 0.4) is 0 Å². The molecule has 9 rings (SSSR count). The zero-order valence-corrected chi connectivity index (χ0v) is 27.0. The van der Waals surface area contributed by atoms with Gasteiger partial charge in [-0.1, -0.05) is 116 Å². The Morgan fingerprint density at radius 2 is 0.978 bits per heavy atom. The summed E-state index contributed by atoms with van der Waals surface area (Å²) in [6.07, 6.45) is 0. The van der Waals surface area contributed by atoms with Gasteiger partial charge >= 0.3 is 0 Å². The minimum absolute atomic E-state index is 0.0513. The third-order valence-electron chi connectivity index (χ3n) is 10.6. The highest BCUT2D eigenvalue weighted by molar-refractivity contribution is 6.22. The van der Waals surface area contributed by atoms with E-state index in [-0.39, 0.29) is 5.41 Å². The van der Waals surface area contributed by atoms with Crippen molar-refractivity contribution in [3.05, 3.63) is 144 Å². The molecule has 0 N–H and O–H groups in total. The maximum atomic E-state index is 2.47. The van der Waals surface area contributed by atoms with Crippen LogP contribution in [0.5, 0.6) is 0 Å². The molecule has 1 aliphatic heterocycles. The van der Waals surface area contributed by atoms with Crippen LogP contribution in [0.15, 0.2) is 127 Å². The third-order valence-corrected chi connectivity index (χ3v) is 10.6. The van der Waals surface area contributed by atoms with E-state index < -0.39 is 0 Å². The van der Waals surface area contributed by atoms with E-state index in [0.29, 0.717) is 0 Å². The molecular formula is C44H36N2. The lowest BCUT2D eigenvalue weighted by atomic mass is 9.80. The van der Waals surface area contributed by atoms with E-state index in [2.05, 4.69) is 172 Å². The number of hydrogen-bond donors (Lipinski definition) is 0. The number of rotatable bonds is 2. The Morgan fingerprint density at radius 1 is 0.435 bits per heavy atom. The minimum atomic E-state index is -0.0513. The van der Waals surface area contributed by atoms with Crippen LogP contribution in [0.25, 0.3) is 54.9 Å². The highest BCUT2D eigenvalue weighted by Crippen LogP contribution is 2.52. The van der Waals surface area contributed by atoms with Gasteiger partial charge in [-0.25, -0.2) is 0 Å². The van der Waals surface area contributed by atoms with Gasteiger partial charge in [-0.05, 0) is 103 Å². The molecule has 0 spiro atoms. The third kappa shape index (κ3) is 3.64. The lowest BCUT2D eigenvalue weighted by Crippen LogP contribution is -2.24. The largest absolute Gasteiger partial charge is 0.341 e. The molecule has 2 heteroatoms. The highest BCUT2D eigenvalue weighted by Gasteiger charge is 2.35. The number of aryl methyl sites for hydroxylation is 1. The molecule has 1 aliphatic carbocycles. The van der Waals surface area contributed by atoms with Gasteiger partial charge < -0.3 is 9.80 Å². The van der Waals surface area contributed by atoms with E-state index in [0.717, 1.165) is 0 Å². The molecule has 46 heavy (non-hydrogen) atoms. The van der Waals surface area contributed by atoms with Crippen LogP contribution in [0.1, 0.15) is 30.5 Å². The molecule has 0 unspecified atom stereocenters. The number of fused-ring (bicyclic) bond motifs is 7. The van der Waals surface area contributed by atoms with Gasteiger partial charge in [-0.3, -0.25) is 0 Å². The van der Waals surface area contributed by atoms with Crippen LogP contribution in [0.4, 0.5) is 22.7 Å². The van der Waals surface area contributed by atoms with E-state index in [1.807, 2.05) is 0 Å². The van der Waals surface area contributed by atoms with Gasteiger partial charge in [0.05, 0.1) is 22.7 Å². The monoisotopic (exact) mass is 592 g/mol. The Hall–Kier alpha value is -5.34. The van der Waals surface area contributed by atoms with Crippen molar-refractivity contribution >= 4 is 44.3 Å². The maximum absolute atomic E-state index is 2.47. The molecule has 1 heterocycles. The molecule has 2 nitrogen and oxygen atoms in total. The fourth-order valence-corrected chi connectivity index (χ4v) is 8.30. The summed E-state index contributed by atoms with van der Waals surface area (Å²) in [5.41, 5.74) is 16.8. The van der Waals surface area contributed by atoms with Crippen molar-refractivity contribution in [3.63, 3.8) is 0 Å². The van der Waals surface area contributed by atoms with Crippen LogP contribution in [0.2, 0.25) is 0 Å². The first-order chi connectivity index (χ1) is 22.3. The molecule has 0 saturated heterocycles. The minimum Gasteiger partial charge on any atom is -0.341 e. The predicted molar refractivity (Wildman–Crippen MR) is 197 cm³/mol. The average Bonchev–Trinajstić information content (AvgIpc) is 3.31. The lowest BCUT2D eigenvalue weighted by Gasteiger charge is -2.36. The molecule has 0 aromatic heterocycles. The summed E-state index contributed by atoms with van der Waals surface area (Å²) in [6.45, 7) is 6.95. The SMILES string of the molecule is Cc1ccc2c(-c3ccc4c(c3)N(C)c3ccccc3N4C)c3ccccc3c(-c3ccc4c(c3)C(C)(C)c3ccccc3-4)c2c1. The zero-order chi connectivity index (χ0) is 31.3. The van der Waals surface area contributed by atoms with Crippen molar-refractivity contribution in [1.82, 2.24) is 0 Å². The molecule has 7 aromatic rings. The highest BCUT2D eigenvalue weighted by atomic mass is 15.2. The number of nitrogens with zero attached hydrogens (tertiary/aromatic N) is 2. The standard InChI is InChI=1S/C44H36N2/c1-27-18-21-34-35(24-27)43(28-19-22-31-30-12-8-9-15-36(30)44(2,3)37(31)25-28)33-14-7-6-13-32(33)42(34)29-20-23-40-41(26-29)46(5)39-17-11-10-16-38(39)45(40)4/h6-26H,1-5H3. The van der Waals surface area contributed by atoms with E-state index in [1.54, 1.807) is 0 Å². The fourth-order valence-electron chi connectivity index (χ4n) is 8.30. The molecule has 2 aliphatic rings. The molecular weight excluding hydrogens is 556 g/mol. The van der Waals surface area contributed by atoms with Crippen LogP contribution in [0, 0.1) is 6.92 Å². The maximum Gasteiger partial charge on any atom is 0.0656 e. The van der Waals surface area contributed by atoms with Gasteiger partial charge in [0.1, 0.15) is 0 Å². The smallest absolute Gasteiger partial charge is 0.0656 e. The molecule has 0 atom stereocenters. The van der Waals surface area contributed by atoms with Crippen molar-refractivity contribution in [2.24, 2.45) is 0 Å². The summed E-state index contributed by atoms with van der Waals surface area (Å²) in [5.74, 6) is 0. The Kier molecular flexibility index (Phi) is 5.63. The van der Waals surface area contributed by atoms with Crippen LogP contribution < -0.4 is 9.80 Å². The first-order valence-electron chi connectivity index (χ1n) is 16.2. The van der Waals surface area contributed by atoms with Crippen molar-refractivity contribution in [2.75, 3.05) is 23.9 Å². The summed E-state index contributed by atoms with van der Waals surface area (Å²) in [6, 6.07) is 47.7. The summed E-state index contributed by atoms with van der Waals surface area (Å²) in [5, 5.41) is 5.16. The topological polar surface area (TPSA) is 6.48 Å². The molecule has 0 bridgehead atoms. The molecule has 222 valence electrons. The van der Waals surface area contributed by atoms with Crippen LogP contribution in [-0.2, 0) is 5.41 Å². The van der Waals surface area contributed by atoms with E-state index in [4.69, 9.17) is 0 Å². The molecule has 0 saturated carbocycles. The Balaban J connectivity index is 1.30. The van der Waals surface area contributed by atoms with E-state index >= 15 is 0 Å². The number of para-hydroxylation sites is 2. The molecule has 7 aromatic carbocycles. The first-order valence-corrected chi connectivity index (χ1v) is 16.2. The van der Waals surface area contributed by atoms with Gasteiger partial charge in [-0.15, -0.1) is 0 Å². The van der Waals surface area contributed by atoms with Crippen molar-refractivity contribution in [2.45, 2.75) is 26.2 Å². The fraction of sp³-hybridized carbons (Fsp3) is 0.136. The number of anilines is 4. The Morgan fingerprint density at radius 3 is 1.74 bits per heavy atom. The lowest BCUT2D eigenvalue weighted by molar-refractivity contribution is 0.660. The van der Waals surface area contributed by atoms with Crippen molar-refractivity contribution in [3.8, 4) is 33.4 Å². The quantitative estimate of drug-likeness (QED) is 0.184. The summed E-state index contributed by atoms with van der Waals surface area (Å²) in [4.78, 5) is 4.64. The molecule has 0 radical (unpaired) electrons. The van der Waals surface area contributed by atoms with Crippen LogP contribution >= 0.6 is 0 Å². The summed E-state index contributed by atoms with van der Waals surface area (Å²) < 4.78 is 0. The Bertz CT molecular complexity index is 2400. The van der Waals surface area contributed by atoms with Gasteiger partial charge in [0.15, 0.2) is 0 Å². The average molecular weight is 593 g/mol. The van der Waals surface area contributed by atoms with Gasteiger partial charge in [0.25, 0.3) is 0 Å². The predicted octanol–water partition coefficient (Wildman–Crippen LogP) is 11.8. The second-order valence-electron chi connectivity index (χ2n) is 13.6. The van der Waals surface area contributed by atoms with E-state index in [9.17, 15) is 0 Å². The van der Waals surface area contributed by atoms with E-state index in [1.165, 1.54) is 94.4 Å². The first kappa shape index (κ1) is 27.0. The van der Waals surface area contributed by atoms with Gasteiger partial charge in [-0.2, -0.15) is 0 Å². The summed E-state index contributed by atoms with van der Waals surface area (Å²) >= 11 is 0. The van der Waals surface area contributed by atoms with Gasteiger partial charge in [0.2, 0.25) is 0 Å². The number of hydrogen-bond acceptors (Lipinski definition) is 2. The van der Waals surface area contributed by atoms with Gasteiger partial charge in [0, 0.05) is 19.5 Å². The van der Waals surface area contributed by atoms with Crippen molar-refractivity contribution in [1.29, 1.82) is 0 Å². The van der Waals surface area contributed by atoms with Crippen LogP contribution in [-0.4, -0.2) is 14.1 Å².